The Balaban J connectivity index is 1.67. The number of nitrogens with zero attached hydrogens (tertiary/aromatic N) is 2. The first-order valence-corrected chi connectivity index (χ1v) is 9.30. The van der Waals surface area contributed by atoms with Gasteiger partial charge < -0.3 is 4.74 Å². The van der Waals surface area contributed by atoms with Gasteiger partial charge in [-0.2, -0.15) is 5.10 Å². The summed E-state index contributed by atoms with van der Waals surface area (Å²) in [5, 5.41) is 7.24. The molecule has 148 valence electrons. The predicted molar refractivity (Wildman–Crippen MR) is 107 cm³/mol. The number of hydrazone groups is 1. The standard InChI is InChI=1S/C22H16ClF3N2O/c23-17-8-6-15(7-9-17)20-14-21(16-4-2-1-3-5-16)28(27-20)18-10-12-19(13-11-18)29-22(24,25)26/h1-13,21H,14H2. The molecule has 1 heterocycles. The second-order valence-corrected chi connectivity index (χ2v) is 7.01. The third-order valence-corrected chi connectivity index (χ3v) is 4.86. The van der Waals surface area contributed by atoms with Gasteiger partial charge >= 0.3 is 6.36 Å². The lowest BCUT2D eigenvalue weighted by Gasteiger charge is -2.24. The summed E-state index contributed by atoms with van der Waals surface area (Å²) in [6.45, 7) is 0. The number of ether oxygens (including phenoxy) is 1. The Morgan fingerprint density at radius 1 is 0.897 bits per heavy atom. The van der Waals surface area contributed by atoms with E-state index in [9.17, 15) is 13.2 Å². The van der Waals surface area contributed by atoms with E-state index in [1.807, 2.05) is 59.6 Å². The van der Waals surface area contributed by atoms with Crippen LogP contribution in [0.2, 0.25) is 5.02 Å². The first-order chi connectivity index (χ1) is 13.9. The van der Waals surface area contributed by atoms with Gasteiger partial charge in [-0.05, 0) is 47.5 Å². The van der Waals surface area contributed by atoms with Crippen LogP contribution in [0.15, 0.2) is 84.0 Å². The van der Waals surface area contributed by atoms with Crippen molar-refractivity contribution in [1.29, 1.82) is 0 Å². The van der Waals surface area contributed by atoms with Crippen molar-refractivity contribution in [1.82, 2.24) is 0 Å². The van der Waals surface area contributed by atoms with Gasteiger partial charge in [0.15, 0.2) is 0 Å². The van der Waals surface area contributed by atoms with Gasteiger partial charge in [-0.1, -0.05) is 54.1 Å². The van der Waals surface area contributed by atoms with E-state index in [4.69, 9.17) is 16.7 Å². The van der Waals surface area contributed by atoms with E-state index in [-0.39, 0.29) is 11.8 Å². The summed E-state index contributed by atoms with van der Waals surface area (Å²) in [6, 6.07) is 23.0. The lowest BCUT2D eigenvalue weighted by molar-refractivity contribution is -0.274. The maximum absolute atomic E-state index is 12.4. The van der Waals surface area contributed by atoms with Gasteiger partial charge in [0, 0.05) is 11.4 Å². The van der Waals surface area contributed by atoms with E-state index in [0.717, 1.165) is 16.8 Å². The molecule has 3 aromatic carbocycles. The van der Waals surface area contributed by atoms with Crippen LogP contribution < -0.4 is 9.75 Å². The van der Waals surface area contributed by atoms with Gasteiger partial charge in [-0.15, -0.1) is 13.2 Å². The Labute approximate surface area is 171 Å². The average Bonchev–Trinajstić information content (AvgIpc) is 3.14. The molecule has 0 bridgehead atoms. The van der Waals surface area contributed by atoms with E-state index in [0.29, 0.717) is 17.1 Å². The van der Waals surface area contributed by atoms with E-state index in [1.165, 1.54) is 12.1 Å². The number of hydrogen-bond acceptors (Lipinski definition) is 3. The van der Waals surface area contributed by atoms with E-state index < -0.39 is 6.36 Å². The molecule has 7 heteroatoms. The van der Waals surface area contributed by atoms with Crippen molar-refractivity contribution in [3.8, 4) is 5.75 Å². The van der Waals surface area contributed by atoms with Crippen LogP contribution in [0.25, 0.3) is 0 Å². The second kappa shape index (κ2) is 7.79. The molecule has 1 aliphatic rings. The number of benzene rings is 3. The van der Waals surface area contributed by atoms with Crippen LogP contribution in [0.5, 0.6) is 5.75 Å². The molecule has 0 amide bonds. The Bertz CT molecular complexity index is 1000. The Kier molecular flexibility index (Phi) is 5.20. The number of halogens is 4. The van der Waals surface area contributed by atoms with Crippen LogP contribution in [-0.4, -0.2) is 12.1 Å². The van der Waals surface area contributed by atoms with Gasteiger partial charge in [0.05, 0.1) is 17.4 Å². The highest BCUT2D eigenvalue weighted by Gasteiger charge is 2.32. The van der Waals surface area contributed by atoms with Crippen LogP contribution in [0.4, 0.5) is 18.9 Å². The normalized spacial score (nSPS) is 16.6. The molecule has 0 spiro atoms. The largest absolute Gasteiger partial charge is 0.573 e. The zero-order chi connectivity index (χ0) is 20.4. The maximum Gasteiger partial charge on any atom is 0.573 e. The lowest BCUT2D eigenvalue weighted by atomic mass is 9.98. The fourth-order valence-corrected chi connectivity index (χ4v) is 3.43. The average molecular weight is 417 g/mol. The molecule has 29 heavy (non-hydrogen) atoms. The van der Waals surface area contributed by atoms with Crippen molar-refractivity contribution >= 4 is 23.0 Å². The molecule has 0 aromatic heterocycles. The first-order valence-electron chi connectivity index (χ1n) is 8.92. The molecule has 0 fully saturated rings. The smallest absolute Gasteiger partial charge is 0.406 e. The summed E-state index contributed by atoms with van der Waals surface area (Å²) in [5.74, 6) is -0.265. The molecule has 0 radical (unpaired) electrons. The van der Waals surface area contributed by atoms with Crippen molar-refractivity contribution in [3.05, 3.63) is 95.0 Å². The summed E-state index contributed by atoms with van der Waals surface area (Å²) >= 11 is 5.99. The van der Waals surface area contributed by atoms with E-state index in [2.05, 4.69) is 4.74 Å². The van der Waals surface area contributed by atoms with Crippen molar-refractivity contribution in [2.24, 2.45) is 5.10 Å². The molecule has 1 unspecified atom stereocenters. The Hall–Kier alpha value is -2.99. The minimum Gasteiger partial charge on any atom is -0.406 e. The summed E-state index contributed by atoms with van der Waals surface area (Å²) in [6.07, 6.45) is -4.06. The van der Waals surface area contributed by atoms with Crippen LogP contribution in [-0.2, 0) is 0 Å². The van der Waals surface area contributed by atoms with Gasteiger partial charge in [-0.25, -0.2) is 0 Å². The fourth-order valence-electron chi connectivity index (χ4n) is 3.30. The summed E-state index contributed by atoms with van der Waals surface area (Å²) in [5.41, 5.74) is 3.58. The molecule has 1 aliphatic heterocycles. The SMILES string of the molecule is FC(F)(F)Oc1ccc(N2N=C(c3ccc(Cl)cc3)CC2c2ccccc2)cc1. The molecular formula is C22H16ClF3N2O. The van der Waals surface area contributed by atoms with E-state index >= 15 is 0 Å². The van der Waals surface area contributed by atoms with Gasteiger partial charge in [0.2, 0.25) is 0 Å². The summed E-state index contributed by atoms with van der Waals surface area (Å²) < 4.78 is 41.3. The van der Waals surface area contributed by atoms with Gasteiger partial charge in [-0.3, -0.25) is 5.01 Å². The van der Waals surface area contributed by atoms with Crippen LogP contribution >= 0.6 is 11.6 Å². The third kappa shape index (κ3) is 4.54. The van der Waals surface area contributed by atoms with Gasteiger partial charge in [0.25, 0.3) is 0 Å². The van der Waals surface area contributed by atoms with Crippen LogP contribution in [0.3, 0.4) is 0 Å². The van der Waals surface area contributed by atoms with E-state index in [1.54, 1.807) is 12.1 Å². The molecule has 0 saturated heterocycles. The molecule has 0 N–H and O–H groups in total. The van der Waals surface area contributed by atoms with Crippen LogP contribution in [0.1, 0.15) is 23.6 Å². The summed E-state index contributed by atoms with van der Waals surface area (Å²) in [7, 11) is 0. The maximum atomic E-state index is 12.4. The zero-order valence-electron chi connectivity index (χ0n) is 15.1. The molecule has 3 aromatic rings. The number of hydrogen-bond donors (Lipinski definition) is 0. The third-order valence-electron chi connectivity index (χ3n) is 4.61. The topological polar surface area (TPSA) is 24.8 Å². The molecule has 3 nitrogen and oxygen atoms in total. The number of rotatable bonds is 4. The van der Waals surface area contributed by atoms with Gasteiger partial charge in [0.1, 0.15) is 5.75 Å². The van der Waals surface area contributed by atoms with Crippen molar-refractivity contribution in [2.75, 3.05) is 5.01 Å². The molecule has 0 aliphatic carbocycles. The minimum atomic E-state index is -4.72. The second-order valence-electron chi connectivity index (χ2n) is 6.57. The highest BCUT2D eigenvalue weighted by atomic mass is 35.5. The molecule has 1 atom stereocenters. The minimum absolute atomic E-state index is 0.0729. The Morgan fingerprint density at radius 2 is 1.55 bits per heavy atom. The lowest BCUT2D eigenvalue weighted by Crippen LogP contribution is -2.19. The van der Waals surface area contributed by atoms with Crippen LogP contribution in [0, 0.1) is 0 Å². The molecule has 4 rings (SSSR count). The Morgan fingerprint density at radius 3 is 2.17 bits per heavy atom. The fraction of sp³-hybridized carbons (Fsp3) is 0.136. The van der Waals surface area contributed by atoms with Crippen molar-refractivity contribution < 1.29 is 17.9 Å². The molecule has 0 saturated carbocycles. The predicted octanol–water partition coefficient (Wildman–Crippen LogP) is 6.59. The number of anilines is 1. The van der Waals surface area contributed by atoms with Crippen molar-refractivity contribution in [2.45, 2.75) is 18.8 Å². The highest BCUT2D eigenvalue weighted by Crippen LogP contribution is 2.37. The monoisotopic (exact) mass is 416 g/mol. The zero-order valence-corrected chi connectivity index (χ0v) is 15.9. The highest BCUT2D eigenvalue weighted by molar-refractivity contribution is 6.30. The van der Waals surface area contributed by atoms with Crippen molar-refractivity contribution in [3.63, 3.8) is 0 Å². The number of alkyl halides is 3. The first kappa shape index (κ1) is 19.3. The summed E-state index contributed by atoms with van der Waals surface area (Å²) in [4.78, 5) is 0. The quantitative estimate of drug-likeness (QED) is 0.479. The molecular weight excluding hydrogens is 401 g/mol.